The molecular formula is C15H13ClFNO2. The van der Waals surface area contributed by atoms with Crippen LogP contribution in [0.5, 0.6) is 0 Å². The molecule has 0 amide bonds. The van der Waals surface area contributed by atoms with Crippen molar-refractivity contribution >= 4 is 23.3 Å². The highest BCUT2D eigenvalue weighted by Crippen LogP contribution is 2.24. The van der Waals surface area contributed by atoms with E-state index in [1.54, 1.807) is 24.3 Å². The summed E-state index contributed by atoms with van der Waals surface area (Å²) in [6.45, 7) is 1.92. The lowest BCUT2D eigenvalue weighted by molar-refractivity contribution is 0.0697. The van der Waals surface area contributed by atoms with Crippen molar-refractivity contribution in [1.29, 1.82) is 0 Å². The zero-order valence-electron chi connectivity index (χ0n) is 10.7. The predicted octanol–water partition coefficient (Wildman–Crippen LogP) is 4.35. The van der Waals surface area contributed by atoms with Gasteiger partial charge in [0.2, 0.25) is 0 Å². The molecule has 0 fully saturated rings. The van der Waals surface area contributed by atoms with Crippen molar-refractivity contribution in [2.75, 3.05) is 5.32 Å². The summed E-state index contributed by atoms with van der Waals surface area (Å²) in [4.78, 5) is 10.9. The number of halogens is 2. The van der Waals surface area contributed by atoms with Crippen molar-refractivity contribution in [3.05, 3.63) is 64.4 Å². The van der Waals surface area contributed by atoms with E-state index in [4.69, 9.17) is 16.7 Å². The van der Waals surface area contributed by atoms with Gasteiger partial charge in [-0.05, 0) is 42.8 Å². The number of anilines is 1. The first-order chi connectivity index (χ1) is 9.47. The van der Waals surface area contributed by atoms with E-state index in [-0.39, 0.29) is 22.4 Å². The lowest BCUT2D eigenvalue weighted by Gasteiger charge is -2.16. The van der Waals surface area contributed by atoms with Crippen LogP contribution in [0.4, 0.5) is 10.1 Å². The molecule has 2 aromatic rings. The molecule has 1 unspecified atom stereocenters. The summed E-state index contributed by atoms with van der Waals surface area (Å²) in [5.74, 6) is -1.34. The number of carboxylic acids is 1. The first-order valence-corrected chi connectivity index (χ1v) is 6.40. The second-order valence-electron chi connectivity index (χ2n) is 4.42. The minimum Gasteiger partial charge on any atom is -0.478 e. The number of carbonyl (C=O) groups is 1. The first-order valence-electron chi connectivity index (χ1n) is 6.02. The summed E-state index contributed by atoms with van der Waals surface area (Å²) < 4.78 is 12.9. The van der Waals surface area contributed by atoms with Crippen molar-refractivity contribution in [2.45, 2.75) is 13.0 Å². The monoisotopic (exact) mass is 293 g/mol. The molecule has 2 rings (SSSR count). The van der Waals surface area contributed by atoms with Crippen LogP contribution < -0.4 is 5.32 Å². The van der Waals surface area contributed by atoms with Gasteiger partial charge in [-0.3, -0.25) is 0 Å². The second kappa shape index (κ2) is 5.92. The molecule has 0 aliphatic rings. The fourth-order valence-electron chi connectivity index (χ4n) is 1.86. The van der Waals surface area contributed by atoms with Crippen LogP contribution in [0.2, 0.25) is 5.02 Å². The maximum Gasteiger partial charge on any atom is 0.337 e. The molecule has 2 aromatic carbocycles. The minimum atomic E-state index is -1.06. The highest BCUT2D eigenvalue weighted by molar-refractivity contribution is 6.33. The molecule has 0 aromatic heterocycles. The van der Waals surface area contributed by atoms with Gasteiger partial charge >= 0.3 is 5.97 Å². The number of carboxylic acid groups (broad SMARTS) is 1. The molecule has 5 heteroatoms. The summed E-state index contributed by atoms with van der Waals surface area (Å²) in [5, 5.41) is 12.3. The molecule has 0 saturated carbocycles. The minimum absolute atomic E-state index is 0.0534. The SMILES string of the molecule is CC(Nc1ccc(C(=O)O)c(Cl)c1)c1ccc(F)cc1. The average molecular weight is 294 g/mol. The van der Waals surface area contributed by atoms with Gasteiger partial charge in [0, 0.05) is 11.7 Å². The largest absolute Gasteiger partial charge is 0.478 e. The van der Waals surface area contributed by atoms with Crippen LogP contribution in [-0.4, -0.2) is 11.1 Å². The Kier molecular flexibility index (Phi) is 4.25. The third-order valence-corrected chi connectivity index (χ3v) is 3.27. The summed E-state index contributed by atoms with van der Waals surface area (Å²) in [5.41, 5.74) is 1.69. The quantitative estimate of drug-likeness (QED) is 0.881. The Hall–Kier alpha value is -2.07. The second-order valence-corrected chi connectivity index (χ2v) is 4.82. The van der Waals surface area contributed by atoms with E-state index in [0.29, 0.717) is 5.69 Å². The van der Waals surface area contributed by atoms with Gasteiger partial charge in [-0.1, -0.05) is 23.7 Å². The fraction of sp³-hybridized carbons (Fsp3) is 0.133. The zero-order chi connectivity index (χ0) is 14.7. The standard InChI is InChI=1S/C15H13ClFNO2/c1-9(10-2-4-11(17)5-3-10)18-12-6-7-13(15(19)20)14(16)8-12/h2-9,18H,1H3,(H,19,20). The van der Waals surface area contributed by atoms with E-state index in [2.05, 4.69) is 5.32 Å². The first kappa shape index (κ1) is 14.3. The van der Waals surface area contributed by atoms with Gasteiger partial charge in [-0.15, -0.1) is 0 Å². The Morgan fingerprint density at radius 2 is 1.90 bits per heavy atom. The molecule has 0 heterocycles. The molecule has 20 heavy (non-hydrogen) atoms. The topological polar surface area (TPSA) is 49.3 Å². The van der Waals surface area contributed by atoms with Gasteiger partial charge in [0.1, 0.15) is 5.82 Å². The Bertz CT molecular complexity index is 628. The van der Waals surface area contributed by atoms with E-state index in [9.17, 15) is 9.18 Å². The summed E-state index contributed by atoms with van der Waals surface area (Å²) in [7, 11) is 0. The van der Waals surface area contributed by atoms with Crippen LogP contribution in [0.15, 0.2) is 42.5 Å². The van der Waals surface area contributed by atoms with E-state index in [0.717, 1.165) is 5.56 Å². The van der Waals surface area contributed by atoms with E-state index in [1.165, 1.54) is 18.2 Å². The fourth-order valence-corrected chi connectivity index (χ4v) is 2.12. The Morgan fingerprint density at radius 1 is 1.25 bits per heavy atom. The highest BCUT2D eigenvalue weighted by Gasteiger charge is 2.10. The third kappa shape index (κ3) is 3.27. The number of hydrogen-bond donors (Lipinski definition) is 2. The van der Waals surface area contributed by atoms with Crippen molar-refractivity contribution in [3.8, 4) is 0 Å². The van der Waals surface area contributed by atoms with Crippen molar-refractivity contribution in [3.63, 3.8) is 0 Å². The third-order valence-electron chi connectivity index (χ3n) is 2.95. The van der Waals surface area contributed by atoms with Gasteiger partial charge in [0.05, 0.1) is 10.6 Å². The molecule has 0 bridgehead atoms. The van der Waals surface area contributed by atoms with E-state index >= 15 is 0 Å². The van der Waals surface area contributed by atoms with Crippen LogP contribution in [-0.2, 0) is 0 Å². The van der Waals surface area contributed by atoms with Crippen LogP contribution in [0, 0.1) is 5.82 Å². The zero-order valence-corrected chi connectivity index (χ0v) is 11.5. The van der Waals surface area contributed by atoms with Crippen molar-refractivity contribution < 1.29 is 14.3 Å². The molecule has 3 nitrogen and oxygen atoms in total. The van der Waals surface area contributed by atoms with Crippen LogP contribution >= 0.6 is 11.6 Å². The molecular weight excluding hydrogens is 281 g/mol. The molecule has 0 spiro atoms. The van der Waals surface area contributed by atoms with Crippen LogP contribution in [0.3, 0.4) is 0 Å². The maximum absolute atomic E-state index is 12.9. The summed E-state index contributed by atoms with van der Waals surface area (Å²) in [6, 6.07) is 10.8. The molecule has 104 valence electrons. The molecule has 0 aliphatic carbocycles. The molecule has 1 atom stereocenters. The number of aromatic carboxylic acids is 1. The van der Waals surface area contributed by atoms with Gasteiger partial charge in [-0.25, -0.2) is 9.18 Å². The van der Waals surface area contributed by atoms with Gasteiger partial charge < -0.3 is 10.4 Å². The molecule has 2 N–H and O–H groups in total. The Balaban J connectivity index is 2.15. The lowest BCUT2D eigenvalue weighted by atomic mass is 10.1. The Morgan fingerprint density at radius 3 is 2.45 bits per heavy atom. The summed E-state index contributed by atoms with van der Waals surface area (Å²) in [6.07, 6.45) is 0. The predicted molar refractivity (Wildman–Crippen MR) is 76.8 cm³/mol. The highest BCUT2D eigenvalue weighted by atomic mass is 35.5. The molecule has 0 saturated heterocycles. The van der Waals surface area contributed by atoms with Gasteiger partial charge in [0.15, 0.2) is 0 Å². The smallest absolute Gasteiger partial charge is 0.337 e. The number of rotatable bonds is 4. The number of hydrogen-bond acceptors (Lipinski definition) is 2. The number of benzene rings is 2. The van der Waals surface area contributed by atoms with Gasteiger partial charge in [-0.2, -0.15) is 0 Å². The van der Waals surface area contributed by atoms with Gasteiger partial charge in [0.25, 0.3) is 0 Å². The van der Waals surface area contributed by atoms with Crippen LogP contribution in [0.1, 0.15) is 28.9 Å². The summed E-state index contributed by atoms with van der Waals surface area (Å²) >= 11 is 5.90. The van der Waals surface area contributed by atoms with Crippen molar-refractivity contribution in [1.82, 2.24) is 0 Å². The normalized spacial score (nSPS) is 11.9. The Labute approximate surface area is 121 Å². The number of nitrogens with one attached hydrogen (secondary N) is 1. The average Bonchev–Trinajstić information content (AvgIpc) is 2.39. The van der Waals surface area contributed by atoms with E-state index < -0.39 is 5.97 Å². The maximum atomic E-state index is 12.9. The molecule has 0 aliphatic heterocycles. The molecule has 0 radical (unpaired) electrons. The van der Waals surface area contributed by atoms with Crippen LogP contribution in [0.25, 0.3) is 0 Å². The van der Waals surface area contributed by atoms with Crippen molar-refractivity contribution in [2.24, 2.45) is 0 Å². The van der Waals surface area contributed by atoms with E-state index in [1.807, 2.05) is 6.92 Å². The lowest BCUT2D eigenvalue weighted by Crippen LogP contribution is -2.07.